The Kier molecular flexibility index (Phi) is 4.90. The number of aryl methyl sites for hydroxylation is 1. The summed E-state index contributed by atoms with van der Waals surface area (Å²) in [6.45, 7) is 4.95. The molecule has 0 spiro atoms. The third-order valence-corrected chi connectivity index (χ3v) is 5.10. The summed E-state index contributed by atoms with van der Waals surface area (Å²) in [7, 11) is 0. The molecule has 3 nitrogen and oxygen atoms in total. The molecule has 1 aliphatic rings. The van der Waals surface area contributed by atoms with Gasteiger partial charge in [0.25, 0.3) is 5.91 Å². The second kappa shape index (κ2) is 7.07. The van der Waals surface area contributed by atoms with E-state index in [1.165, 1.54) is 29.7 Å². The van der Waals surface area contributed by atoms with E-state index in [0.29, 0.717) is 5.92 Å². The van der Waals surface area contributed by atoms with Gasteiger partial charge in [-0.1, -0.05) is 29.8 Å². The summed E-state index contributed by atoms with van der Waals surface area (Å²) < 4.78 is 0. The predicted molar refractivity (Wildman–Crippen MR) is 92.4 cm³/mol. The van der Waals surface area contributed by atoms with Crippen LogP contribution in [0.15, 0.2) is 35.7 Å². The first-order chi connectivity index (χ1) is 10.7. The summed E-state index contributed by atoms with van der Waals surface area (Å²) in [6, 6.07) is 10.4. The van der Waals surface area contributed by atoms with Gasteiger partial charge in [0.2, 0.25) is 0 Å². The Morgan fingerprint density at radius 1 is 1.32 bits per heavy atom. The van der Waals surface area contributed by atoms with E-state index in [4.69, 9.17) is 0 Å². The van der Waals surface area contributed by atoms with E-state index in [1.54, 1.807) is 0 Å². The highest BCUT2D eigenvalue weighted by Gasteiger charge is 2.17. The van der Waals surface area contributed by atoms with Crippen molar-refractivity contribution in [1.29, 1.82) is 0 Å². The Bertz CT molecular complexity index is 627. The van der Waals surface area contributed by atoms with Gasteiger partial charge < -0.3 is 10.6 Å². The summed E-state index contributed by atoms with van der Waals surface area (Å²) in [5.74, 6) is 0.608. The van der Waals surface area contributed by atoms with Crippen molar-refractivity contribution in [3.05, 3.63) is 46.2 Å². The number of carbonyl (C=O) groups excluding carboxylic acids is 1. The molecule has 2 heterocycles. The van der Waals surface area contributed by atoms with Crippen LogP contribution in [0.1, 0.15) is 28.1 Å². The van der Waals surface area contributed by atoms with Crippen LogP contribution in [0, 0.1) is 12.8 Å². The van der Waals surface area contributed by atoms with Crippen LogP contribution in [0.5, 0.6) is 0 Å². The van der Waals surface area contributed by atoms with Crippen LogP contribution in [0.3, 0.4) is 0 Å². The van der Waals surface area contributed by atoms with Crippen molar-refractivity contribution in [1.82, 2.24) is 10.6 Å². The molecular formula is C18H22N2OS. The highest BCUT2D eigenvalue weighted by Crippen LogP contribution is 2.28. The van der Waals surface area contributed by atoms with Gasteiger partial charge in [0.05, 0.1) is 4.88 Å². The summed E-state index contributed by atoms with van der Waals surface area (Å²) in [5, 5.41) is 8.49. The van der Waals surface area contributed by atoms with Crippen molar-refractivity contribution in [2.75, 3.05) is 19.6 Å². The normalized spacial score (nSPS) is 18.1. The monoisotopic (exact) mass is 314 g/mol. The fourth-order valence-corrected chi connectivity index (χ4v) is 3.69. The van der Waals surface area contributed by atoms with Gasteiger partial charge in [-0.05, 0) is 55.8 Å². The van der Waals surface area contributed by atoms with Crippen molar-refractivity contribution in [3.63, 3.8) is 0 Å². The zero-order valence-corrected chi connectivity index (χ0v) is 13.7. The molecule has 0 bridgehead atoms. The maximum absolute atomic E-state index is 12.5. The molecule has 1 aromatic heterocycles. The van der Waals surface area contributed by atoms with E-state index in [2.05, 4.69) is 41.8 Å². The van der Waals surface area contributed by atoms with Gasteiger partial charge in [-0.25, -0.2) is 0 Å². The molecule has 1 unspecified atom stereocenters. The highest BCUT2D eigenvalue weighted by atomic mass is 32.1. The highest BCUT2D eigenvalue weighted by molar-refractivity contribution is 7.12. The molecule has 2 N–H and O–H groups in total. The lowest BCUT2D eigenvalue weighted by Gasteiger charge is -2.22. The maximum atomic E-state index is 12.5. The fourth-order valence-electron chi connectivity index (χ4n) is 2.86. The molecule has 0 saturated carbocycles. The van der Waals surface area contributed by atoms with Crippen LogP contribution in [0.25, 0.3) is 11.1 Å². The molecule has 22 heavy (non-hydrogen) atoms. The SMILES string of the molecule is Cc1ccc(-c2ccsc2C(=O)NCC2CCCNC2)cc1. The number of nitrogens with one attached hydrogen (secondary N) is 2. The van der Waals surface area contributed by atoms with Crippen molar-refractivity contribution in [3.8, 4) is 11.1 Å². The summed E-state index contributed by atoms with van der Waals surface area (Å²) in [6.07, 6.45) is 2.40. The number of hydrogen-bond donors (Lipinski definition) is 2. The standard InChI is InChI=1S/C18H22N2OS/c1-13-4-6-15(7-5-13)16-8-10-22-17(16)18(21)20-12-14-3-2-9-19-11-14/h4-8,10,14,19H,2-3,9,11-12H2,1H3,(H,20,21). The minimum absolute atomic E-state index is 0.0520. The molecule has 116 valence electrons. The quantitative estimate of drug-likeness (QED) is 0.907. The molecule has 4 heteroatoms. The van der Waals surface area contributed by atoms with Gasteiger partial charge in [0.15, 0.2) is 0 Å². The van der Waals surface area contributed by atoms with Crippen molar-refractivity contribution >= 4 is 17.2 Å². The first kappa shape index (κ1) is 15.3. The summed E-state index contributed by atoms with van der Waals surface area (Å²) in [4.78, 5) is 13.3. The second-order valence-corrected chi connectivity index (χ2v) is 6.87. The summed E-state index contributed by atoms with van der Waals surface area (Å²) in [5.41, 5.74) is 3.37. The summed E-state index contributed by atoms with van der Waals surface area (Å²) >= 11 is 1.52. The molecule has 1 atom stereocenters. The average molecular weight is 314 g/mol. The van der Waals surface area contributed by atoms with Crippen molar-refractivity contribution in [2.45, 2.75) is 19.8 Å². The molecule has 1 fully saturated rings. The molecular weight excluding hydrogens is 292 g/mol. The molecule has 0 aliphatic carbocycles. The van der Waals surface area contributed by atoms with E-state index >= 15 is 0 Å². The number of benzene rings is 1. The lowest BCUT2D eigenvalue weighted by molar-refractivity contribution is 0.0949. The molecule has 2 aromatic rings. The topological polar surface area (TPSA) is 41.1 Å². The van der Waals surface area contributed by atoms with Gasteiger partial charge in [0, 0.05) is 12.1 Å². The van der Waals surface area contributed by atoms with Gasteiger partial charge in [-0.15, -0.1) is 11.3 Å². The van der Waals surface area contributed by atoms with E-state index in [-0.39, 0.29) is 5.91 Å². The van der Waals surface area contributed by atoms with E-state index in [9.17, 15) is 4.79 Å². The lowest BCUT2D eigenvalue weighted by Crippen LogP contribution is -2.38. The maximum Gasteiger partial charge on any atom is 0.261 e. The molecule has 1 aliphatic heterocycles. The Morgan fingerprint density at radius 2 is 2.14 bits per heavy atom. The van der Waals surface area contributed by atoms with Gasteiger partial charge in [-0.2, -0.15) is 0 Å². The lowest BCUT2D eigenvalue weighted by atomic mass is 9.99. The third-order valence-electron chi connectivity index (χ3n) is 4.18. The molecule has 0 radical (unpaired) electrons. The van der Waals surface area contributed by atoms with E-state index < -0.39 is 0 Å². The van der Waals surface area contributed by atoms with Crippen LogP contribution in [0.2, 0.25) is 0 Å². The number of hydrogen-bond acceptors (Lipinski definition) is 3. The molecule has 1 amide bonds. The van der Waals surface area contributed by atoms with Crippen molar-refractivity contribution < 1.29 is 4.79 Å². The Balaban J connectivity index is 1.68. The molecule has 1 aromatic carbocycles. The minimum atomic E-state index is 0.0520. The number of piperidine rings is 1. The fraction of sp³-hybridized carbons (Fsp3) is 0.389. The zero-order chi connectivity index (χ0) is 15.4. The van der Waals surface area contributed by atoms with E-state index in [1.807, 2.05) is 11.4 Å². The first-order valence-electron chi connectivity index (χ1n) is 7.87. The van der Waals surface area contributed by atoms with Gasteiger partial charge in [0.1, 0.15) is 0 Å². The van der Waals surface area contributed by atoms with Crippen LogP contribution in [-0.2, 0) is 0 Å². The minimum Gasteiger partial charge on any atom is -0.351 e. The van der Waals surface area contributed by atoms with Crippen LogP contribution in [-0.4, -0.2) is 25.5 Å². The average Bonchev–Trinajstić information content (AvgIpc) is 3.04. The predicted octanol–water partition coefficient (Wildman–Crippen LogP) is 3.45. The third kappa shape index (κ3) is 3.57. The van der Waals surface area contributed by atoms with E-state index in [0.717, 1.165) is 35.6 Å². The van der Waals surface area contributed by atoms with Gasteiger partial charge >= 0.3 is 0 Å². The Morgan fingerprint density at radius 3 is 2.86 bits per heavy atom. The Labute approximate surface area is 135 Å². The van der Waals surface area contributed by atoms with Crippen LogP contribution >= 0.6 is 11.3 Å². The number of amides is 1. The first-order valence-corrected chi connectivity index (χ1v) is 8.75. The number of rotatable bonds is 4. The zero-order valence-electron chi connectivity index (χ0n) is 12.9. The second-order valence-electron chi connectivity index (χ2n) is 5.95. The number of thiophene rings is 1. The smallest absolute Gasteiger partial charge is 0.261 e. The van der Waals surface area contributed by atoms with Crippen molar-refractivity contribution in [2.24, 2.45) is 5.92 Å². The largest absolute Gasteiger partial charge is 0.351 e. The Hall–Kier alpha value is -1.65. The molecule has 1 saturated heterocycles. The van der Waals surface area contributed by atoms with Crippen LogP contribution < -0.4 is 10.6 Å². The number of carbonyl (C=O) groups is 1. The van der Waals surface area contributed by atoms with Gasteiger partial charge in [-0.3, -0.25) is 4.79 Å². The molecule has 3 rings (SSSR count). The van der Waals surface area contributed by atoms with Crippen LogP contribution in [0.4, 0.5) is 0 Å².